The summed E-state index contributed by atoms with van der Waals surface area (Å²) in [5.74, 6) is 1.45. The van der Waals surface area contributed by atoms with Gasteiger partial charge in [0.1, 0.15) is 5.78 Å². The zero-order chi connectivity index (χ0) is 12.5. The van der Waals surface area contributed by atoms with E-state index in [1.807, 2.05) is 6.92 Å². The van der Waals surface area contributed by atoms with Crippen molar-refractivity contribution in [2.45, 2.75) is 51.9 Å². The fraction of sp³-hybridized carbons (Fsp3) is 0.857. The highest BCUT2D eigenvalue weighted by Crippen LogP contribution is 2.49. The standard InChI is InChI=1S/C14H22O3/c1-3-14(9-13(16)17-2)7-6-11(8-12(14)15)10-4-5-10/h10-11H,3-9H2,1-2H3. The second-order valence-electron chi connectivity index (χ2n) is 5.65. The van der Waals surface area contributed by atoms with Crippen molar-refractivity contribution >= 4 is 11.8 Å². The number of ether oxygens (including phenoxy) is 1. The van der Waals surface area contributed by atoms with Gasteiger partial charge in [0.25, 0.3) is 0 Å². The molecule has 17 heavy (non-hydrogen) atoms. The summed E-state index contributed by atoms with van der Waals surface area (Å²) in [5, 5.41) is 0. The van der Waals surface area contributed by atoms with Gasteiger partial charge in [0.2, 0.25) is 0 Å². The van der Waals surface area contributed by atoms with E-state index in [1.165, 1.54) is 20.0 Å². The molecular weight excluding hydrogens is 216 g/mol. The number of rotatable bonds is 4. The van der Waals surface area contributed by atoms with Gasteiger partial charge in [0.15, 0.2) is 0 Å². The Hall–Kier alpha value is -0.860. The first-order valence-corrected chi connectivity index (χ1v) is 6.71. The molecule has 0 heterocycles. The van der Waals surface area contributed by atoms with Gasteiger partial charge in [-0.05, 0) is 43.9 Å². The molecule has 0 aromatic rings. The molecule has 2 aliphatic carbocycles. The fourth-order valence-electron chi connectivity index (χ4n) is 3.16. The van der Waals surface area contributed by atoms with E-state index in [9.17, 15) is 9.59 Å². The van der Waals surface area contributed by atoms with Gasteiger partial charge < -0.3 is 4.74 Å². The Bertz CT molecular complexity index is 319. The molecule has 2 rings (SSSR count). The lowest BCUT2D eigenvalue weighted by Crippen LogP contribution is -2.39. The van der Waals surface area contributed by atoms with Crippen LogP contribution in [0.2, 0.25) is 0 Å². The summed E-state index contributed by atoms with van der Waals surface area (Å²) < 4.78 is 4.72. The van der Waals surface area contributed by atoms with Crippen molar-refractivity contribution in [3.63, 3.8) is 0 Å². The van der Waals surface area contributed by atoms with Crippen LogP contribution >= 0.6 is 0 Å². The van der Waals surface area contributed by atoms with Gasteiger partial charge in [-0.1, -0.05) is 6.92 Å². The maximum Gasteiger partial charge on any atom is 0.306 e. The van der Waals surface area contributed by atoms with Gasteiger partial charge in [0.05, 0.1) is 13.5 Å². The average molecular weight is 238 g/mol. The van der Waals surface area contributed by atoms with Crippen molar-refractivity contribution in [1.82, 2.24) is 0 Å². The first kappa shape index (κ1) is 12.6. The number of carbonyl (C=O) groups is 2. The molecule has 0 radical (unpaired) electrons. The highest BCUT2D eigenvalue weighted by molar-refractivity contribution is 5.89. The molecule has 2 aliphatic rings. The summed E-state index contributed by atoms with van der Waals surface area (Å²) >= 11 is 0. The summed E-state index contributed by atoms with van der Waals surface area (Å²) in [6, 6.07) is 0. The van der Waals surface area contributed by atoms with Crippen molar-refractivity contribution in [1.29, 1.82) is 0 Å². The number of hydrogen-bond acceptors (Lipinski definition) is 3. The number of methoxy groups -OCH3 is 1. The zero-order valence-corrected chi connectivity index (χ0v) is 10.8. The lowest BCUT2D eigenvalue weighted by atomic mass is 9.65. The van der Waals surface area contributed by atoms with E-state index in [-0.39, 0.29) is 12.4 Å². The Kier molecular flexibility index (Phi) is 3.55. The van der Waals surface area contributed by atoms with Crippen LogP contribution in [0.3, 0.4) is 0 Å². The molecule has 96 valence electrons. The van der Waals surface area contributed by atoms with E-state index >= 15 is 0 Å². The summed E-state index contributed by atoms with van der Waals surface area (Å²) in [4.78, 5) is 23.8. The summed E-state index contributed by atoms with van der Waals surface area (Å²) in [6.45, 7) is 2.01. The SMILES string of the molecule is CCC1(CC(=O)OC)CCC(C2CC2)CC1=O. The number of ketones is 1. The second-order valence-corrected chi connectivity index (χ2v) is 5.65. The highest BCUT2D eigenvalue weighted by atomic mass is 16.5. The van der Waals surface area contributed by atoms with E-state index < -0.39 is 5.41 Å². The van der Waals surface area contributed by atoms with Crippen LogP contribution in [0.5, 0.6) is 0 Å². The van der Waals surface area contributed by atoms with E-state index in [4.69, 9.17) is 4.74 Å². The molecule has 2 fully saturated rings. The van der Waals surface area contributed by atoms with Crippen LogP contribution < -0.4 is 0 Å². The molecule has 3 heteroatoms. The molecule has 2 unspecified atom stereocenters. The Morgan fingerprint density at radius 3 is 2.53 bits per heavy atom. The maximum atomic E-state index is 12.3. The predicted octanol–water partition coefficient (Wildman–Crippen LogP) is 2.73. The van der Waals surface area contributed by atoms with Crippen LogP contribution in [-0.2, 0) is 14.3 Å². The average Bonchev–Trinajstić information content (AvgIpc) is 3.15. The molecule has 0 N–H and O–H groups in total. The van der Waals surface area contributed by atoms with E-state index in [2.05, 4.69) is 0 Å². The van der Waals surface area contributed by atoms with Crippen LogP contribution in [0.4, 0.5) is 0 Å². The molecule has 0 aromatic carbocycles. The first-order chi connectivity index (χ1) is 8.11. The van der Waals surface area contributed by atoms with Gasteiger partial charge in [-0.15, -0.1) is 0 Å². The smallest absolute Gasteiger partial charge is 0.306 e. The minimum Gasteiger partial charge on any atom is -0.469 e. The lowest BCUT2D eigenvalue weighted by Gasteiger charge is -2.37. The third kappa shape index (κ3) is 2.53. The lowest BCUT2D eigenvalue weighted by molar-refractivity contribution is -0.149. The monoisotopic (exact) mass is 238 g/mol. The molecule has 2 saturated carbocycles. The van der Waals surface area contributed by atoms with Crippen LogP contribution in [0.1, 0.15) is 51.9 Å². The second kappa shape index (κ2) is 4.79. The molecular formula is C14H22O3. The van der Waals surface area contributed by atoms with Crippen molar-refractivity contribution in [2.75, 3.05) is 7.11 Å². The third-order valence-electron chi connectivity index (χ3n) is 4.71. The maximum absolute atomic E-state index is 12.3. The topological polar surface area (TPSA) is 43.4 Å². The van der Waals surface area contributed by atoms with Crippen LogP contribution in [0.25, 0.3) is 0 Å². The van der Waals surface area contributed by atoms with Crippen molar-refractivity contribution in [3.8, 4) is 0 Å². The first-order valence-electron chi connectivity index (χ1n) is 6.71. The quantitative estimate of drug-likeness (QED) is 0.707. The molecule has 3 nitrogen and oxygen atoms in total. The van der Waals surface area contributed by atoms with E-state index in [0.717, 1.165) is 25.2 Å². The largest absolute Gasteiger partial charge is 0.469 e. The summed E-state index contributed by atoms with van der Waals surface area (Å²) in [5.41, 5.74) is -0.418. The Balaban J connectivity index is 2.02. The predicted molar refractivity (Wildman–Crippen MR) is 64.4 cm³/mol. The molecule has 0 saturated heterocycles. The van der Waals surface area contributed by atoms with Gasteiger partial charge in [0, 0.05) is 11.8 Å². The Morgan fingerprint density at radius 2 is 2.06 bits per heavy atom. The van der Waals surface area contributed by atoms with Crippen LogP contribution in [0, 0.1) is 17.3 Å². The minimum absolute atomic E-state index is 0.245. The molecule has 0 aliphatic heterocycles. The van der Waals surface area contributed by atoms with Crippen LogP contribution in [0.15, 0.2) is 0 Å². The number of carbonyl (C=O) groups excluding carboxylic acids is 2. The minimum atomic E-state index is -0.418. The molecule has 0 aromatic heterocycles. The fourth-order valence-corrected chi connectivity index (χ4v) is 3.16. The Labute approximate surface area is 103 Å². The van der Waals surface area contributed by atoms with Crippen molar-refractivity contribution in [3.05, 3.63) is 0 Å². The van der Waals surface area contributed by atoms with E-state index in [1.54, 1.807) is 0 Å². The molecule has 0 amide bonds. The third-order valence-corrected chi connectivity index (χ3v) is 4.71. The number of Topliss-reactive ketones (excluding diaryl/α,β-unsaturated/α-hetero) is 1. The zero-order valence-electron chi connectivity index (χ0n) is 10.8. The Morgan fingerprint density at radius 1 is 1.35 bits per heavy atom. The number of hydrogen-bond donors (Lipinski definition) is 0. The molecule has 2 atom stereocenters. The van der Waals surface area contributed by atoms with Gasteiger partial charge >= 0.3 is 5.97 Å². The van der Waals surface area contributed by atoms with E-state index in [0.29, 0.717) is 18.1 Å². The van der Waals surface area contributed by atoms with Gasteiger partial charge in [-0.3, -0.25) is 9.59 Å². The summed E-state index contributed by atoms with van der Waals surface area (Å²) in [7, 11) is 1.39. The summed E-state index contributed by atoms with van der Waals surface area (Å²) in [6.07, 6.45) is 6.31. The highest BCUT2D eigenvalue weighted by Gasteiger charge is 2.46. The normalized spacial score (nSPS) is 33.5. The van der Waals surface area contributed by atoms with Gasteiger partial charge in [-0.2, -0.15) is 0 Å². The van der Waals surface area contributed by atoms with Crippen molar-refractivity contribution in [2.24, 2.45) is 17.3 Å². The molecule has 0 spiro atoms. The van der Waals surface area contributed by atoms with Gasteiger partial charge in [-0.25, -0.2) is 0 Å². The van der Waals surface area contributed by atoms with Crippen molar-refractivity contribution < 1.29 is 14.3 Å². The van der Waals surface area contributed by atoms with Crippen LogP contribution in [-0.4, -0.2) is 18.9 Å². The molecule has 0 bridgehead atoms. The number of esters is 1.